The van der Waals surface area contributed by atoms with Crippen LogP contribution in [0.1, 0.15) is 0 Å². The lowest BCUT2D eigenvalue weighted by atomic mass is 10.6. The quantitative estimate of drug-likeness (QED) is 0.454. The summed E-state index contributed by atoms with van der Waals surface area (Å²) >= 11 is 0. The van der Waals surface area contributed by atoms with Crippen LogP contribution < -0.4 is 5.32 Å². The Morgan fingerprint density at radius 2 is 1.64 bits per heavy atom. The molecular formula is C5H11NO4S. The third-order valence-corrected chi connectivity index (χ3v) is 2.83. The van der Waals surface area contributed by atoms with Crippen molar-refractivity contribution in [2.45, 2.75) is 0 Å². The van der Waals surface area contributed by atoms with E-state index in [2.05, 4.69) is 5.32 Å². The summed E-state index contributed by atoms with van der Waals surface area (Å²) in [6.07, 6.45) is 0. The Morgan fingerprint density at radius 1 is 1.27 bits per heavy atom. The molecular weight excluding hydrogens is 170 g/mol. The van der Waals surface area contributed by atoms with Crippen molar-refractivity contribution >= 4 is 16.3 Å². The lowest BCUT2D eigenvalue weighted by Gasteiger charge is -2.10. The molecule has 0 atom stereocenters. The molecule has 0 unspecified atom stereocenters. The fourth-order valence-electron chi connectivity index (χ4n) is 0.682. The van der Waals surface area contributed by atoms with Gasteiger partial charge in [-0.3, -0.25) is 4.79 Å². The maximum Gasteiger partial charge on any atom is 0.290 e. The highest BCUT2D eigenvalue weighted by Gasteiger charge is 2.13. The summed E-state index contributed by atoms with van der Waals surface area (Å²) in [6, 6.07) is 0. The molecule has 1 rings (SSSR count). The van der Waals surface area contributed by atoms with E-state index < -0.39 is 9.84 Å². The van der Waals surface area contributed by atoms with Gasteiger partial charge in [-0.15, -0.1) is 0 Å². The summed E-state index contributed by atoms with van der Waals surface area (Å²) in [5.41, 5.74) is 0. The first-order valence-electron chi connectivity index (χ1n) is 3.11. The van der Waals surface area contributed by atoms with Crippen molar-refractivity contribution in [3.05, 3.63) is 0 Å². The standard InChI is InChI=1S/C4H9NO2S.CH2O2/c6-8(7)3-1-5-2-4-8;2-1-3/h5H,1-4H2;1H,(H,2,3). The van der Waals surface area contributed by atoms with E-state index in [1.807, 2.05) is 0 Å². The number of sulfone groups is 1. The van der Waals surface area contributed by atoms with E-state index in [1.54, 1.807) is 0 Å². The van der Waals surface area contributed by atoms with E-state index in [4.69, 9.17) is 9.90 Å². The third kappa shape index (κ3) is 5.81. The van der Waals surface area contributed by atoms with Gasteiger partial charge >= 0.3 is 0 Å². The van der Waals surface area contributed by atoms with Gasteiger partial charge in [0.25, 0.3) is 6.47 Å². The number of carbonyl (C=O) groups is 1. The summed E-state index contributed by atoms with van der Waals surface area (Å²) in [6.45, 7) is 1.00. The Morgan fingerprint density at radius 3 is 1.82 bits per heavy atom. The average molecular weight is 181 g/mol. The number of nitrogens with one attached hydrogen (secondary N) is 1. The highest BCUT2D eigenvalue weighted by Crippen LogP contribution is 1.91. The molecule has 1 aliphatic rings. The van der Waals surface area contributed by atoms with Gasteiger partial charge in [0, 0.05) is 13.1 Å². The molecule has 0 bridgehead atoms. The van der Waals surface area contributed by atoms with E-state index in [9.17, 15) is 8.42 Å². The van der Waals surface area contributed by atoms with Crippen LogP contribution in [0, 0.1) is 0 Å². The van der Waals surface area contributed by atoms with Gasteiger partial charge in [0.2, 0.25) is 0 Å². The smallest absolute Gasteiger partial charge is 0.290 e. The van der Waals surface area contributed by atoms with Crippen LogP contribution in [0.3, 0.4) is 0 Å². The van der Waals surface area contributed by atoms with E-state index in [-0.39, 0.29) is 6.47 Å². The molecule has 66 valence electrons. The third-order valence-electron chi connectivity index (χ3n) is 1.18. The van der Waals surface area contributed by atoms with Crippen LogP contribution in [-0.4, -0.2) is 44.6 Å². The molecule has 0 amide bonds. The fraction of sp³-hybridized carbons (Fsp3) is 0.800. The zero-order valence-electron chi connectivity index (χ0n) is 5.99. The van der Waals surface area contributed by atoms with Crippen molar-refractivity contribution in [2.75, 3.05) is 24.6 Å². The van der Waals surface area contributed by atoms with Gasteiger partial charge in [-0.25, -0.2) is 8.42 Å². The molecule has 0 aromatic carbocycles. The second-order valence-corrected chi connectivity index (χ2v) is 4.31. The Bertz CT molecular complexity index is 187. The number of carboxylic acid groups (broad SMARTS) is 1. The molecule has 0 aliphatic carbocycles. The predicted octanol–water partition coefficient (Wildman–Crippen LogP) is -1.29. The molecule has 0 radical (unpaired) electrons. The van der Waals surface area contributed by atoms with Crippen molar-refractivity contribution < 1.29 is 18.3 Å². The Balaban J connectivity index is 0.000000292. The zero-order chi connectivity index (χ0) is 8.74. The topological polar surface area (TPSA) is 83.5 Å². The van der Waals surface area contributed by atoms with Gasteiger partial charge in [-0.2, -0.15) is 0 Å². The fourth-order valence-corrected chi connectivity index (χ4v) is 1.80. The molecule has 0 aromatic heterocycles. The van der Waals surface area contributed by atoms with Crippen LogP contribution in [0.4, 0.5) is 0 Å². The first-order chi connectivity index (χ1) is 5.12. The number of hydrogen-bond donors (Lipinski definition) is 2. The maximum atomic E-state index is 10.6. The molecule has 1 fully saturated rings. The first kappa shape index (κ1) is 10.4. The minimum Gasteiger partial charge on any atom is -0.483 e. The van der Waals surface area contributed by atoms with Crippen LogP contribution in [-0.2, 0) is 14.6 Å². The second kappa shape index (κ2) is 5.09. The van der Waals surface area contributed by atoms with Gasteiger partial charge in [0.15, 0.2) is 9.84 Å². The predicted molar refractivity (Wildman–Crippen MR) is 40.2 cm³/mol. The molecule has 11 heavy (non-hydrogen) atoms. The minimum atomic E-state index is -2.65. The SMILES string of the molecule is O=CO.O=S1(=O)CCNCC1. The van der Waals surface area contributed by atoms with Crippen LogP contribution in [0.25, 0.3) is 0 Å². The van der Waals surface area contributed by atoms with E-state index in [0.29, 0.717) is 24.6 Å². The normalized spacial score (nSPS) is 21.1. The highest BCUT2D eigenvalue weighted by atomic mass is 32.2. The molecule has 1 aliphatic heterocycles. The summed E-state index contributed by atoms with van der Waals surface area (Å²) in [4.78, 5) is 8.36. The summed E-state index contributed by atoms with van der Waals surface area (Å²) in [5.74, 6) is 0.625. The van der Waals surface area contributed by atoms with Crippen LogP contribution in [0.15, 0.2) is 0 Å². The van der Waals surface area contributed by atoms with Gasteiger partial charge in [-0.05, 0) is 0 Å². The van der Waals surface area contributed by atoms with Gasteiger partial charge in [-0.1, -0.05) is 0 Å². The van der Waals surface area contributed by atoms with Gasteiger partial charge < -0.3 is 10.4 Å². The molecule has 5 nitrogen and oxygen atoms in total. The summed E-state index contributed by atoms with van der Waals surface area (Å²) < 4.78 is 21.2. The Labute approximate surface area is 65.3 Å². The largest absolute Gasteiger partial charge is 0.483 e. The van der Waals surface area contributed by atoms with Crippen LogP contribution in [0.2, 0.25) is 0 Å². The lowest BCUT2D eigenvalue weighted by Crippen LogP contribution is -2.35. The molecule has 6 heteroatoms. The lowest BCUT2D eigenvalue weighted by molar-refractivity contribution is -0.122. The Hall–Kier alpha value is -0.620. The maximum absolute atomic E-state index is 10.6. The summed E-state index contributed by atoms with van der Waals surface area (Å²) in [7, 11) is -2.65. The number of hydrogen-bond acceptors (Lipinski definition) is 4. The number of rotatable bonds is 0. The van der Waals surface area contributed by atoms with Crippen molar-refractivity contribution in [3.63, 3.8) is 0 Å². The average Bonchev–Trinajstić information content (AvgIpc) is 1.88. The Kier molecular flexibility index (Phi) is 4.80. The van der Waals surface area contributed by atoms with E-state index in [0.717, 1.165) is 0 Å². The van der Waals surface area contributed by atoms with Crippen molar-refractivity contribution in [1.29, 1.82) is 0 Å². The molecule has 0 saturated carbocycles. The molecule has 1 saturated heterocycles. The second-order valence-electron chi connectivity index (χ2n) is 2.01. The van der Waals surface area contributed by atoms with Gasteiger partial charge in [0.05, 0.1) is 11.5 Å². The van der Waals surface area contributed by atoms with Crippen molar-refractivity contribution in [1.82, 2.24) is 5.32 Å². The van der Waals surface area contributed by atoms with Crippen molar-refractivity contribution in [2.24, 2.45) is 0 Å². The molecule has 1 heterocycles. The monoisotopic (exact) mass is 181 g/mol. The minimum absolute atomic E-state index is 0.250. The van der Waals surface area contributed by atoms with Crippen LogP contribution >= 0.6 is 0 Å². The van der Waals surface area contributed by atoms with E-state index >= 15 is 0 Å². The zero-order valence-corrected chi connectivity index (χ0v) is 6.80. The van der Waals surface area contributed by atoms with Crippen molar-refractivity contribution in [3.8, 4) is 0 Å². The van der Waals surface area contributed by atoms with Crippen LogP contribution in [0.5, 0.6) is 0 Å². The van der Waals surface area contributed by atoms with Gasteiger partial charge in [0.1, 0.15) is 0 Å². The molecule has 2 N–H and O–H groups in total. The first-order valence-corrected chi connectivity index (χ1v) is 4.93. The molecule has 0 spiro atoms. The highest BCUT2D eigenvalue weighted by molar-refractivity contribution is 7.91. The summed E-state index contributed by atoms with van der Waals surface area (Å²) in [5, 5.41) is 9.85. The molecule has 0 aromatic rings. The van der Waals surface area contributed by atoms with E-state index in [1.165, 1.54) is 0 Å².